The molecule has 0 radical (unpaired) electrons. The van der Waals surface area contributed by atoms with E-state index in [4.69, 9.17) is 21.1 Å². The molecule has 0 saturated carbocycles. The zero-order valence-corrected chi connectivity index (χ0v) is 13.7. The highest BCUT2D eigenvalue weighted by Gasteiger charge is 2.20. The molecule has 6 nitrogen and oxygen atoms in total. The van der Waals surface area contributed by atoms with Crippen LogP contribution in [-0.4, -0.2) is 22.7 Å². The van der Waals surface area contributed by atoms with Gasteiger partial charge >= 0.3 is 0 Å². The van der Waals surface area contributed by atoms with Crippen molar-refractivity contribution in [1.29, 1.82) is 0 Å². The number of aromatic nitrogens is 2. The number of halogens is 1. The van der Waals surface area contributed by atoms with Gasteiger partial charge in [0.2, 0.25) is 6.79 Å². The topological polar surface area (TPSA) is 73.3 Å². The van der Waals surface area contributed by atoms with Crippen LogP contribution in [0.3, 0.4) is 0 Å². The van der Waals surface area contributed by atoms with E-state index in [0.29, 0.717) is 33.6 Å². The van der Waals surface area contributed by atoms with E-state index < -0.39 is 0 Å². The molecule has 0 spiro atoms. The Kier molecular flexibility index (Phi) is 3.95. The van der Waals surface area contributed by atoms with Gasteiger partial charge in [0, 0.05) is 11.1 Å². The molecule has 1 aromatic heterocycles. The number of ether oxygens (including phenoxy) is 2. The molecular formula is C18H12ClN3O3. The van der Waals surface area contributed by atoms with Gasteiger partial charge < -0.3 is 14.8 Å². The molecule has 124 valence electrons. The van der Waals surface area contributed by atoms with Gasteiger partial charge in [-0.2, -0.15) is 0 Å². The molecule has 0 fully saturated rings. The number of nitrogens with one attached hydrogen (secondary N) is 1. The Labute approximate surface area is 148 Å². The quantitative estimate of drug-likeness (QED) is 0.775. The Morgan fingerprint density at radius 1 is 1.08 bits per heavy atom. The van der Waals surface area contributed by atoms with E-state index in [1.807, 2.05) is 30.3 Å². The molecule has 0 aliphatic carbocycles. The smallest absolute Gasteiger partial charge is 0.255 e. The van der Waals surface area contributed by atoms with Gasteiger partial charge in [0.25, 0.3) is 5.91 Å². The molecule has 4 rings (SSSR count). The molecule has 1 aliphatic heterocycles. The summed E-state index contributed by atoms with van der Waals surface area (Å²) in [6, 6.07) is 12.7. The third kappa shape index (κ3) is 3.12. The van der Waals surface area contributed by atoms with E-state index in [2.05, 4.69) is 15.3 Å². The van der Waals surface area contributed by atoms with Crippen molar-refractivity contribution >= 4 is 23.2 Å². The lowest BCUT2D eigenvalue weighted by molar-refractivity contribution is 0.102. The van der Waals surface area contributed by atoms with Crippen LogP contribution in [0.25, 0.3) is 11.4 Å². The predicted octanol–water partition coefficient (Wildman–Crippen LogP) is 3.78. The largest absolute Gasteiger partial charge is 0.454 e. The number of nitrogens with zero attached hydrogens (tertiary/aromatic N) is 2. The normalized spacial score (nSPS) is 12.0. The van der Waals surface area contributed by atoms with E-state index in [-0.39, 0.29) is 12.7 Å². The van der Waals surface area contributed by atoms with Crippen molar-refractivity contribution in [3.63, 3.8) is 0 Å². The maximum Gasteiger partial charge on any atom is 0.255 e. The zero-order valence-electron chi connectivity index (χ0n) is 12.9. The van der Waals surface area contributed by atoms with Crippen LogP contribution in [0.4, 0.5) is 5.69 Å². The number of rotatable bonds is 3. The van der Waals surface area contributed by atoms with E-state index in [9.17, 15) is 4.79 Å². The second kappa shape index (κ2) is 6.41. The number of amides is 1. The van der Waals surface area contributed by atoms with Crippen molar-refractivity contribution in [2.45, 2.75) is 0 Å². The highest BCUT2D eigenvalue weighted by molar-refractivity contribution is 6.32. The van der Waals surface area contributed by atoms with Gasteiger partial charge in [-0.05, 0) is 12.1 Å². The summed E-state index contributed by atoms with van der Waals surface area (Å²) in [4.78, 5) is 20.9. The van der Waals surface area contributed by atoms with E-state index in [1.165, 1.54) is 6.07 Å². The van der Waals surface area contributed by atoms with Crippen molar-refractivity contribution < 1.29 is 14.3 Å². The van der Waals surface area contributed by atoms with Gasteiger partial charge in [-0.15, -0.1) is 0 Å². The number of fused-ring (bicyclic) bond motifs is 1. The van der Waals surface area contributed by atoms with Crippen molar-refractivity contribution in [3.8, 4) is 22.9 Å². The lowest BCUT2D eigenvalue weighted by Crippen LogP contribution is -2.12. The molecular weight excluding hydrogens is 342 g/mol. The van der Waals surface area contributed by atoms with Gasteiger partial charge in [0.1, 0.15) is 0 Å². The Balaban J connectivity index is 1.52. The van der Waals surface area contributed by atoms with Gasteiger partial charge in [-0.1, -0.05) is 41.9 Å². The van der Waals surface area contributed by atoms with Gasteiger partial charge in [-0.3, -0.25) is 4.79 Å². The average molecular weight is 354 g/mol. The van der Waals surface area contributed by atoms with E-state index >= 15 is 0 Å². The Bertz CT molecular complexity index is 930. The highest BCUT2D eigenvalue weighted by Crippen LogP contribution is 2.39. The van der Waals surface area contributed by atoms with Gasteiger partial charge in [0.15, 0.2) is 17.3 Å². The summed E-state index contributed by atoms with van der Waals surface area (Å²) in [7, 11) is 0. The third-order valence-corrected chi connectivity index (χ3v) is 3.91. The van der Waals surface area contributed by atoms with Crippen LogP contribution in [-0.2, 0) is 0 Å². The van der Waals surface area contributed by atoms with E-state index in [1.54, 1.807) is 18.5 Å². The third-order valence-electron chi connectivity index (χ3n) is 3.63. The standard InChI is InChI=1S/C18H12ClN3O3/c19-14-6-12(7-15-16(14)25-10-24-15)18(23)22-13-8-20-17(21-9-13)11-4-2-1-3-5-11/h1-9H,10H2,(H,22,23). The summed E-state index contributed by atoms with van der Waals surface area (Å²) in [5.41, 5.74) is 1.75. The van der Waals surface area contributed by atoms with E-state index in [0.717, 1.165) is 5.56 Å². The average Bonchev–Trinajstić information content (AvgIpc) is 3.12. The minimum Gasteiger partial charge on any atom is -0.454 e. The molecule has 0 saturated heterocycles. The molecule has 0 unspecified atom stereocenters. The summed E-state index contributed by atoms with van der Waals surface area (Å²) in [5.74, 6) is 1.16. The van der Waals surface area contributed by atoms with Crippen LogP contribution in [0.15, 0.2) is 54.9 Å². The number of benzene rings is 2. The van der Waals surface area contributed by atoms with Crippen LogP contribution in [0.5, 0.6) is 11.5 Å². The maximum atomic E-state index is 12.4. The van der Waals surface area contributed by atoms with Crippen LogP contribution in [0.1, 0.15) is 10.4 Å². The molecule has 1 aliphatic rings. The summed E-state index contributed by atoms with van der Waals surface area (Å²) in [5, 5.41) is 3.07. The monoisotopic (exact) mass is 353 g/mol. The minimum absolute atomic E-state index is 0.0922. The summed E-state index contributed by atoms with van der Waals surface area (Å²) in [6.07, 6.45) is 3.11. The molecule has 2 heterocycles. The first-order valence-electron chi connectivity index (χ1n) is 7.49. The lowest BCUT2D eigenvalue weighted by Gasteiger charge is -2.07. The number of hydrogen-bond acceptors (Lipinski definition) is 5. The highest BCUT2D eigenvalue weighted by atomic mass is 35.5. The number of carbonyl (C=O) groups is 1. The summed E-state index contributed by atoms with van der Waals surface area (Å²) < 4.78 is 10.5. The van der Waals surface area contributed by atoms with Gasteiger partial charge in [0.05, 0.1) is 23.1 Å². The van der Waals surface area contributed by atoms with Gasteiger partial charge in [-0.25, -0.2) is 9.97 Å². The molecule has 7 heteroatoms. The van der Waals surface area contributed by atoms with Crippen LogP contribution in [0.2, 0.25) is 5.02 Å². The molecule has 3 aromatic rings. The van der Waals surface area contributed by atoms with Crippen LogP contribution in [0, 0.1) is 0 Å². The Morgan fingerprint density at radius 2 is 1.84 bits per heavy atom. The van der Waals surface area contributed by atoms with Crippen molar-refractivity contribution in [2.24, 2.45) is 0 Å². The number of anilines is 1. The second-order valence-electron chi connectivity index (χ2n) is 5.31. The molecule has 1 N–H and O–H groups in total. The number of hydrogen-bond donors (Lipinski definition) is 1. The fourth-order valence-corrected chi connectivity index (χ4v) is 2.70. The Morgan fingerprint density at radius 3 is 2.60 bits per heavy atom. The SMILES string of the molecule is O=C(Nc1cnc(-c2ccccc2)nc1)c1cc(Cl)c2c(c1)OCO2. The molecule has 1 amide bonds. The second-order valence-corrected chi connectivity index (χ2v) is 5.71. The minimum atomic E-state index is -0.337. The first-order valence-corrected chi connectivity index (χ1v) is 7.86. The fraction of sp³-hybridized carbons (Fsp3) is 0.0556. The molecule has 0 atom stereocenters. The molecule has 2 aromatic carbocycles. The van der Waals surface area contributed by atoms with Crippen LogP contribution >= 0.6 is 11.6 Å². The Hall–Kier alpha value is -3.12. The summed E-state index contributed by atoms with van der Waals surface area (Å²) >= 11 is 6.10. The predicted molar refractivity (Wildman–Crippen MR) is 93.0 cm³/mol. The maximum absolute atomic E-state index is 12.4. The first kappa shape index (κ1) is 15.4. The first-order chi connectivity index (χ1) is 12.2. The molecule has 0 bridgehead atoms. The van der Waals surface area contributed by atoms with Crippen molar-refractivity contribution in [3.05, 3.63) is 65.4 Å². The lowest BCUT2D eigenvalue weighted by atomic mass is 10.2. The van der Waals surface area contributed by atoms with Crippen molar-refractivity contribution in [2.75, 3.05) is 12.1 Å². The van der Waals surface area contributed by atoms with Crippen molar-refractivity contribution in [1.82, 2.24) is 9.97 Å². The number of carbonyl (C=O) groups excluding carboxylic acids is 1. The fourth-order valence-electron chi connectivity index (χ4n) is 2.43. The van der Waals surface area contributed by atoms with Crippen LogP contribution < -0.4 is 14.8 Å². The molecule has 25 heavy (non-hydrogen) atoms. The summed E-state index contributed by atoms with van der Waals surface area (Å²) in [6.45, 7) is 0.0922. The zero-order chi connectivity index (χ0) is 17.2.